The Morgan fingerprint density at radius 3 is 1.65 bits per heavy atom. The van der Waals surface area contributed by atoms with Crippen LogP contribution in [0.1, 0.15) is 72.1 Å². The van der Waals surface area contributed by atoms with E-state index in [1.165, 1.54) is 0 Å². The minimum absolute atomic E-state index is 0. The Kier molecular flexibility index (Phi) is 20.1. The third-order valence-electron chi connectivity index (χ3n) is 3.32. The summed E-state index contributed by atoms with van der Waals surface area (Å²) in [5, 5.41) is 15.8. The van der Waals surface area contributed by atoms with Crippen molar-refractivity contribution in [2.24, 2.45) is 0 Å². The Morgan fingerprint density at radius 2 is 1.39 bits per heavy atom. The van der Waals surface area contributed by atoms with Crippen LogP contribution in [-0.4, -0.2) is 27.8 Å². The zero-order valence-corrected chi connectivity index (χ0v) is 17.3. The Balaban J connectivity index is -0.000000382. The van der Waals surface area contributed by atoms with Crippen molar-refractivity contribution in [3.05, 3.63) is 0 Å². The van der Waals surface area contributed by atoms with E-state index in [-0.39, 0.29) is 42.4 Å². The molecule has 0 rings (SSSR count). The van der Waals surface area contributed by atoms with Gasteiger partial charge in [0.1, 0.15) is 0 Å². The van der Waals surface area contributed by atoms with E-state index in [0.29, 0.717) is 0 Å². The molecule has 0 spiro atoms. The molecule has 0 bridgehead atoms. The Bertz CT molecular complexity index is 371. The molecule has 0 aromatic rings. The molecule has 0 fully saturated rings. The first-order valence-electron chi connectivity index (χ1n) is 7.45. The van der Waals surface area contributed by atoms with Crippen LogP contribution in [0.2, 0.25) is 0 Å². The molecule has 0 saturated heterocycles. The first-order chi connectivity index (χ1) is 10.2. The minimum atomic E-state index is -2.39. The molecule has 9 heteroatoms. The molecule has 0 atom stereocenters. The van der Waals surface area contributed by atoms with Crippen molar-refractivity contribution in [1.29, 1.82) is 0 Å². The Morgan fingerprint density at radius 1 is 0.957 bits per heavy atom. The molecule has 0 aliphatic rings. The number of hydrogen-bond donors (Lipinski definition) is 2. The number of hydrogen-bond acceptors (Lipinski definition) is 6. The molecule has 7 nitrogen and oxygen atoms in total. The fourth-order valence-electron chi connectivity index (χ4n) is 1.82. The van der Waals surface area contributed by atoms with E-state index >= 15 is 0 Å². The molecule has 0 aromatic heterocycles. The zero-order valence-electron chi connectivity index (χ0n) is 14.5. The van der Waals surface area contributed by atoms with Gasteiger partial charge in [0.25, 0.3) is 0 Å². The Labute approximate surface area is 162 Å². The van der Waals surface area contributed by atoms with Crippen molar-refractivity contribution >= 4 is 22.9 Å². The van der Waals surface area contributed by atoms with Crippen LogP contribution in [0.5, 0.6) is 0 Å². The fourth-order valence-corrected chi connectivity index (χ4v) is 2.43. The Hall–Kier alpha value is -0.150. The fraction of sp³-hybridized carbons (Fsp3) is 0.857. The quantitative estimate of drug-likeness (QED) is 0.308. The third-order valence-corrected chi connectivity index (χ3v) is 3.81. The topological polar surface area (TPSA) is 118 Å². The molecule has 0 aliphatic carbocycles. The van der Waals surface area contributed by atoms with Gasteiger partial charge in [-0.15, -0.1) is 0 Å². The predicted molar refractivity (Wildman–Crippen MR) is 81.8 cm³/mol. The van der Waals surface area contributed by atoms with Crippen LogP contribution in [0, 0.1) is 0 Å². The zero-order chi connectivity index (χ0) is 17.6. The van der Waals surface area contributed by atoms with Crippen LogP contribution in [0.15, 0.2) is 0 Å². The maximum Gasteiger partial charge on any atom is 1.00 e. The second kappa shape index (κ2) is 16.7. The molecule has 0 amide bonds. The predicted octanol–water partition coefficient (Wildman–Crippen LogP) is 0.306. The van der Waals surface area contributed by atoms with Crippen molar-refractivity contribution in [2.75, 3.05) is 0 Å². The first kappa shape index (κ1) is 27.7. The molecular weight excluding hydrogens is 335 g/mol. The summed E-state index contributed by atoms with van der Waals surface area (Å²) in [6, 6.07) is 0. The van der Waals surface area contributed by atoms with Crippen molar-refractivity contribution in [3.8, 4) is 0 Å². The number of carboxylic acids is 2. The van der Waals surface area contributed by atoms with Crippen LogP contribution in [0.25, 0.3) is 0 Å². The molecule has 0 saturated carbocycles. The van der Waals surface area contributed by atoms with Gasteiger partial charge < -0.3 is 22.8 Å². The SMILES string of the molecule is CCCCCC(CC)(CC)O[S-](=O)=O.O=C(O)CCC(=O)O.[Na+]. The van der Waals surface area contributed by atoms with Gasteiger partial charge in [-0.1, -0.05) is 40.0 Å². The average molecular weight is 362 g/mol. The minimum Gasteiger partial charge on any atom is -0.481 e. The van der Waals surface area contributed by atoms with E-state index in [2.05, 4.69) is 6.92 Å². The molecule has 0 radical (unpaired) electrons. The molecule has 23 heavy (non-hydrogen) atoms. The summed E-state index contributed by atoms with van der Waals surface area (Å²) in [5.41, 5.74) is -0.457. The largest absolute Gasteiger partial charge is 1.00 e. The van der Waals surface area contributed by atoms with Crippen LogP contribution < -0.4 is 29.6 Å². The standard InChI is InChI=1S/C10H21O3S.C4H6O4.Na/c1-4-7-8-9-10(5-2,6-3)13-14(11)12;5-3(6)1-2-4(7)8;/h4-9H2,1-3H3;1-2H2,(H,5,6)(H,7,8);/q-1;;+1. The van der Waals surface area contributed by atoms with E-state index in [4.69, 9.17) is 14.4 Å². The van der Waals surface area contributed by atoms with Gasteiger partial charge in [-0.25, -0.2) is 0 Å². The number of aliphatic carboxylic acids is 2. The molecule has 0 heterocycles. The van der Waals surface area contributed by atoms with Crippen LogP contribution >= 0.6 is 0 Å². The smallest absolute Gasteiger partial charge is 0.481 e. The summed E-state index contributed by atoms with van der Waals surface area (Å²) in [7, 11) is -2.39. The molecule has 132 valence electrons. The number of carbonyl (C=O) groups is 2. The summed E-state index contributed by atoms with van der Waals surface area (Å²) in [6.07, 6.45) is 5.06. The van der Waals surface area contributed by atoms with E-state index in [9.17, 15) is 18.0 Å². The molecule has 0 unspecified atom stereocenters. The van der Waals surface area contributed by atoms with Crippen molar-refractivity contribution < 1.29 is 62.0 Å². The third kappa shape index (κ3) is 18.0. The van der Waals surface area contributed by atoms with Gasteiger partial charge in [0.15, 0.2) is 0 Å². The van der Waals surface area contributed by atoms with Gasteiger partial charge in [0.05, 0.1) is 23.8 Å². The summed E-state index contributed by atoms with van der Waals surface area (Å²) in [6.45, 7) is 6.08. The number of unbranched alkanes of at least 4 members (excludes halogenated alkanes) is 2. The maximum absolute atomic E-state index is 10.5. The molecular formula is C14H27NaO7S. The summed E-state index contributed by atoms with van der Waals surface area (Å²) >= 11 is 0. The van der Waals surface area contributed by atoms with E-state index in [1.54, 1.807) is 0 Å². The van der Waals surface area contributed by atoms with Gasteiger partial charge in [0.2, 0.25) is 0 Å². The van der Waals surface area contributed by atoms with Crippen LogP contribution in [-0.2, 0) is 33.2 Å². The average Bonchev–Trinajstić information content (AvgIpc) is 2.44. The molecule has 2 N–H and O–H groups in total. The van der Waals surface area contributed by atoms with Crippen LogP contribution in [0.3, 0.4) is 0 Å². The number of rotatable bonds is 11. The monoisotopic (exact) mass is 362 g/mol. The normalized spacial score (nSPS) is 10.4. The summed E-state index contributed by atoms with van der Waals surface area (Å²) < 4.78 is 26.1. The van der Waals surface area contributed by atoms with Crippen molar-refractivity contribution in [3.63, 3.8) is 0 Å². The second-order valence-corrected chi connectivity index (χ2v) is 5.50. The van der Waals surface area contributed by atoms with Crippen LogP contribution in [0.4, 0.5) is 0 Å². The molecule has 0 aliphatic heterocycles. The van der Waals surface area contributed by atoms with E-state index in [0.717, 1.165) is 38.5 Å². The van der Waals surface area contributed by atoms with Crippen molar-refractivity contribution in [1.82, 2.24) is 0 Å². The van der Waals surface area contributed by atoms with Gasteiger partial charge in [-0.05, 0) is 19.3 Å². The molecule has 0 aromatic carbocycles. The first-order valence-corrected chi connectivity index (χ1v) is 8.45. The van der Waals surface area contributed by atoms with Gasteiger partial charge in [0, 0.05) is 5.60 Å². The van der Waals surface area contributed by atoms with E-state index < -0.39 is 28.5 Å². The summed E-state index contributed by atoms with van der Waals surface area (Å²) in [5.74, 6) is -2.15. The summed E-state index contributed by atoms with van der Waals surface area (Å²) in [4.78, 5) is 19.3. The number of carboxylic acid groups (broad SMARTS) is 2. The van der Waals surface area contributed by atoms with Gasteiger partial charge in [-0.2, -0.15) is 0 Å². The van der Waals surface area contributed by atoms with E-state index in [1.807, 2.05) is 13.8 Å². The van der Waals surface area contributed by atoms with Gasteiger partial charge in [-0.3, -0.25) is 9.59 Å². The maximum atomic E-state index is 10.5. The van der Waals surface area contributed by atoms with Gasteiger partial charge >= 0.3 is 41.5 Å². The second-order valence-electron chi connectivity index (χ2n) is 4.92. The van der Waals surface area contributed by atoms with Crippen molar-refractivity contribution in [2.45, 2.75) is 77.7 Å².